The lowest BCUT2D eigenvalue weighted by molar-refractivity contribution is 0.0939. The van der Waals surface area contributed by atoms with Gasteiger partial charge in [0.15, 0.2) is 11.4 Å². The molecule has 1 saturated heterocycles. The van der Waals surface area contributed by atoms with Crippen LogP contribution in [0.5, 0.6) is 5.75 Å². The molecule has 6 heteroatoms. The van der Waals surface area contributed by atoms with Crippen LogP contribution in [-0.4, -0.2) is 37.1 Å². The largest absolute Gasteiger partial charge is 0.485 e. The maximum absolute atomic E-state index is 12.9. The van der Waals surface area contributed by atoms with Crippen LogP contribution in [0.3, 0.4) is 0 Å². The first-order valence-electron chi connectivity index (χ1n) is 4.96. The SMILES string of the molecule is CNC(=O)c1nc(F)ccc1OC1CNC1. The van der Waals surface area contributed by atoms with Crippen LogP contribution in [0.4, 0.5) is 4.39 Å². The molecule has 1 aromatic heterocycles. The first-order chi connectivity index (χ1) is 7.70. The van der Waals surface area contributed by atoms with Crippen LogP contribution < -0.4 is 15.4 Å². The van der Waals surface area contributed by atoms with E-state index in [0.29, 0.717) is 5.75 Å². The van der Waals surface area contributed by atoms with Crippen LogP contribution in [0.2, 0.25) is 0 Å². The van der Waals surface area contributed by atoms with Gasteiger partial charge in [-0.25, -0.2) is 4.98 Å². The van der Waals surface area contributed by atoms with Gasteiger partial charge < -0.3 is 15.4 Å². The van der Waals surface area contributed by atoms with Crippen molar-refractivity contribution in [3.63, 3.8) is 0 Å². The second-order valence-electron chi connectivity index (χ2n) is 3.46. The van der Waals surface area contributed by atoms with E-state index in [9.17, 15) is 9.18 Å². The number of ether oxygens (including phenoxy) is 1. The van der Waals surface area contributed by atoms with Gasteiger partial charge in [-0.3, -0.25) is 4.79 Å². The number of aromatic nitrogens is 1. The topological polar surface area (TPSA) is 63.2 Å². The Morgan fingerprint density at radius 1 is 1.62 bits per heavy atom. The summed E-state index contributed by atoms with van der Waals surface area (Å²) in [5.74, 6) is -0.841. The molecule has 1 aliphatic rings. The van der Waals surface area contributed by atoms with Crippen molar-refractivity contribution in [2.45, 2.75) is 6.10 Å². The molecule has 0 bridgehead atoms. The summed E-state index contributed by atoms with van der Waals surface area (Å²) >= 11 is 0. The molecule has 0 aliphatic carbocycles. The molecule has 0 atom stereocenters. The molecule has 2 N–H and O–H groups in total. The number of halogens is 1. The molecule has 0 aromatic carbocycles. The fraction of sp³-hybridized carbons (Fsp3) is 0.400. The Balaban J connectivity index is 2.23. The standard InChI is InChI=1S/C10H12FN3O2/c1-12-10(15)9-7(2-3-8(11)14-9)16-6-4-13-5-6/h2-3,6,13H,4-5H2,1H3,(H,12,15). The van der Waals surface area contributed by atoms with Crippen molar-refractivity contribution in [2.24, 2.45) is 0 Å². The summed E-state index contributed by atoms with van der Waals surface area (Å²) in [7, 11) is 1.46. The third-order valence-corrected chi connectivity index (χ3v) is 2.30. The molecule has 1 fully saturated rings. The number of hydrogen-bond donors (Lipinski definition) is 2. The Morgan fingerprint density at radius 3 is 2.94 bits per heavy atom. The highest BCUT2D eigenvalue weighted by Gasteiger charge is 2.22. The second kappa shape index (κ2) is 4.44. The molecular weight excluding hydrogens is 213 g/mol. The highest BCUT2D eigenvalue weighted by atomic mass is 19.1. The minimum Gasteiger partial charge on any atom is -0.485 e. The van der Waals surface area contributed by atoms with Crippen molar-refractivity contribution in [1.29, 1.82) is 0 Å². The Kier molecular flexibility index (Phi) is 3.00. The summed E-state index contributed by atoms with van der Waals surface area (Å²) in [4.78, 5) is 15.0. The summed E-state index contributed by atoms with van der Waals surface area (Å²) in [6, 6.07) is 2.60. The summed E-state index contributed by atoms with van der Waals surface area (Å²) < 4.78 is 18.4. The van der Waals surface area contributed by atoms with Gasteiger partial charge in [-0.1, -0.05) is 0 Å². The van der Waals surface area contributed by atoms with Crippen LogP contribution in [0.25, 0.3) is 0 Å². The summed E-state index contributed by atoms with van der Waals surface area (Å²) in [5, 5.41) is 5.43. The lowest BCUT2D eigenvalue weighted by Gasteiger charge is -2.28. The molecule has 0 radical (unpaired) electrons. The number of nitrogens with zero attached hydrogens (tertiary/aromatic N) is 1. The third-order valence-electron chi connectivity index (χ3n) is 2.30. The molecule has 1 aliphatic heterocycles. The van der Waals surface area contributed by atoms with Gasteiger partial charge in [0, 0.05) is 20.1 Å². The lowest BCUT2D eigenvalue weighted by atomic mass is 10.2. The second-order valence-corrected chi connectivity index (χ2v) is 3.46. The maximum Gasteiger partial charge on any atom is 0.273 e. The average molecular weight is 225 g/mol. The van der Waals surface area contributed by atoms with Crippen LogP contribution in [0, 0.1) is 5.95 Å². The summed E-state index contributed by atoms with van der Waals surface area (Å²) in [5.41, 5.74) is -0.0191. The Labute approximate surface area is 92.0 Å². The predicted octanol–water partition coefficient (Wildman–Crippen LogP) is -0.0691. The average Bonchev–Trinajstić information content (AvgIpc) is 2.23. The van der Waals surface area contributed by atoms with Crippen molar-refractivity contribution >= 4 is 5.91 Å². The van der Waals surface area contributed by atoms with Crippen LogP contribution in [0.15, 0.2) is 12.1 Å². The fourth-order valence-electron chi connectivity index (χ4n) is 1.32. The number of hydrogen-bond acceptors (Lipinski definition) is 4. The Bertz CT molecular complexity index is 407. The Hall–Kier alpha value is -1.69. The minimum atomic E-state index is -0.697. The van der Waals surface area contributed by atoms with Crippen LogP contribution in [0.1, 0.15) is 10.5 Å². The van der Waals surface area contributed by atoms with Crippen LogP contribution in [-0.2, 0) is 0 Å². The highest BCUT2D eigenvalue weighted by molar-refractivity contribution is 5.94. The van der Waals surface area contributed by atoms with Crippen LogP contribution >= 0.6 is 0 Å². The number of carbonyl (C=O) groups is 1. The summed E-state index contributed by atoms with van der Waals surface area (Å²) in [6.07, 6.45) is 0.0238. The molecule has 2 heterocycles. The smallest absolute Gasteiger partial charge is 0.273 e. The van der Waals surface area contributed by atoms with Crippen molar-refractivity contribution < 1.29 is 13.9 Å². The van der Waals surface area contributed by atoms with E-state index in [1.54, 1.807) is 0 Å². The van der Waals surface area contributed by atoms with E-state index in [0.717, 1.165) is 13.1 Å². The zero-order valence-corrected chi connectivity index (χ0v) is 8.79. The molecule has 86 valence electrons. The van der Waals surface area contributed by atoms with Gasteiger partial charge in [0.1, 0.15) is 6.10 Å². The van der Waals surface area contributed by atoms with Gasteiger partial charge in [-0.15, -0.1) is 0 Å². The molecule has 1 amide bonds. The molecule has 2 rings (SSSR count). The predicted molar refractivity (Wildman–Crippen MR) is 54.9 cm³/mol. The Morgan fingerprint density at radius 2 is 2.38 bits per heavy atom. The molecule has 0 saturated carbocycles. The van der Waals surface area contributed by atoms with E-state index in [-0.39, 0.29) is 11.8 Å². The van der Waals surface area contributed by atoms with E-state index in [2.05, 4.69) is 15.6 Å². The first kappa shape index (κ1) is 10.8. The molecule has 16 heavy (non-hydrogen) atoms. The third kappa shape index (κ3) is 2.11. The lowest BCUT2D eigenvalue weighted by Crippen LogP contribution is -2.50. The monoisotopic (exact) mass is 225 g/mol. The van der Waals surface area contributed by atoms with E-state index in [1.165, 1.54) is 19.2 Å². The zero-order valence-electron chi connectivity index (χ0n) is 8.79. The van der Waals surface area contributed by atoms with Crippen molar-refractivity contribution in [3.8, 4) is 5.75 Å². The highest BCUT2D eigenvalue weighted by Crippen LogP contribution is 2.19. The zero-order chi connectivity index (χ0) is 11.5. The maximum atomic E-state index is 12.9. The number of nitrogens with one attached hydrogen (secondary N) is 2. The van der Waals surface area contributed by atoms with Crippen molar-refractivity contribution in [3.05, 3.63) is 23.8 Å². The normalized spacial score (nSPS) is 15.4. The van der Waals surface area contributed by atoms with E-state index < -0.39 is 11.9 Å². The minimum absolute atomic E-state index is 0.0191. The van der Waals surface area contributed by atoms with Gasteiger partial charge >= 0.3 is 0 Å². The molecule has 5 nitrogen and oxygen atoms in total. The van der Waals surface area contributed by atoms with Gasteiger partial charge in [0.25, 0.3) is 5.91 Å². The fourth-order valence-corrected chi connectivity index (χ4v) is 1.32. The first-order valence-corrected chi connectivity index (χ1v) is 4.96. The quantitative estimate of drug-likeness (QED) is 0.707. The van der Waals surface area contributed by atoms with Crippen molar-refractivity contribution in [1.82, 2.24) is 15.6 Å². The van der Waals surface area contributed by atoms with E-state index in [1.807, 2.05) is 0 Å². The van der Waals surface area contributed by atoms with Crippen molar-refractivity contribution in [2.75, 3.05) is 20.1 Å². The van der Waals surface area contributed by atoms with Gasteiger partial charge in [-0.2, -0.15) is 4.39 Å². The van der Waals surface area contributed by atoms with Gasteiger partial charge in [0.05, 0.1) is 0 Å². The summed E-state index contributed by atoms with van der Waals surface area (Å²) in [6.45, 7) is 1.45. The van der Waals surface area contributed by atoms with E-state index >= 15 is 0 Å². The molecule has 0 spiro atoms. The number of carbonyl (C=O) groups excluding carboxylic acids is 1. The number of pyridine rings is 1. The van der Waals surface area contributed by atoms with Gasteiger partial charge in [-0.05, 0) is 12.1 Å². The number of rotatable bonds is 3. The number of amides is 1. The molecule has 0 unspecified atom stereocenters. The van der Waals surface area contributed by atoms with Gasteiger partial charge in [0.2, 0.25) is 5.95 Å². The van der Waals surface area contributed by atoms with E-state index in [4.69, 9.17) is 4.74 Å². The molecular formula is C10H12FN3O2. The molecule has 1 aromatic rings.